The van der Waals surface area contributed by atoms with E-state index in [2.05, 4.69) is 15.7 Å². The van der Waals surface area contributed by atoms with Crippen molar-refractivity contribution in [2.75, 3.05) is 6.54 Å². The minimum atomic E-state index is -0.909. The lowest BCUT2D eigenvalue weighted by Gasteiger charge is -2.09. The second-order valence-electron chi connectivity index (χ2n) is 3.56. The van der Waals surface area contributed by atoms with Crippen molar-refractivity contribution < 1.29 is 14.5 Å². The fourth-order valence-corrected chi connectivity index (χ4v) is 1.43. The number of urea groups is 1. The van der Waals surface area contributed by atoms with Crippen LogP contribution in [0.1, 0.15) is 19.9 Å². The van der Waals surface area contributed by atoms with Gasteiger partial charge in [0.05, 0.1) is 11.3 Å². The average molecular weight is 290 g/mol. The van der Waals surface area contributed by atoms with Gasteiger partial charge in [-0.1, -0.05) is 11.6 Å². The number of halogens is 1. The van der Waals surface area contributed by atoms with E-state index in [9.17, 15) is 19.7 Å². The molecule has 0 radical (unpaired) electrons. The Balaban J connectivity index is 2.80. The van der Waals surface area contributed by atoms with Gasteiger partial charge in [-0.05, 0) is 18.8 Å². The fraction of sp³-hybridized carbons (Fsp3) is 0.444. The van der Waals surface area contributed by atoms with Gasteiger partial charge in [-0.2, -0.15) is 4.68 Å². The van der Waals surface area contributed by atoms with Crippen molar-refractivity contribution in [3.8, 4) is 0 Å². The van der Waals surface area contributed by atoms with Gasteiger partial charge in [-0.3, -0.25) is 10.1 Å². The van der Waals surface area contributed by atoms with E-state index < -0.39 is 28.7 Å². The Morgan fingerprint density at radius 3 is 2.74 bits per heavy atom. The van der Waals surface area contributed by atoms with Gasteiger partial charge in [0.2, 0.25) is 0 Å². The van der Waals surface area contributed by atoms with Crippen LogP contribution >= 0.6 is 11.6 Å². The van der Waals surface area contributed by atoms with E-state index in [0.29, 0.717) is 6.54 Å². The topological polar surface area (TPSA) is 119 Å². The molecule has 2 N–H and O–H groups in total. The summed E-state index contributed by atoms with van der Waals surface area (Å²) in [5, 5.41) is 18.4. The summed E-state index contributed by atoms with van der Waals surface area (Å²) in [5.74, 6) is -1.20. The first-order valence-electron chi connectivity index (χ1n) is 5.34. The Morgan fingerprint density at radius 1 is 1.63 bits per heavy atom. The molecule has 3 amide bonds. The summed E-state index contributed by atoms with van der Waals surface area (Å²) in [7, 11) is 0. The maximum absolute atomic E-state index is 11.7. The van der Waals surface area contributed by atoms with E-state index >= 15 is 0 Å². The fourth-order valence-electron chi connectivity index (χ4n) is 1.22. The van der Waals surface area contributed by atoms with Gasteiger partial charge in [0, 0.05) is 6.54 Å². The first kappa shape index (κ1) is 14.9. The second kappa shape index (κ2) is 6.14. The molecule has 0 aliphatic heterocycles. The zero-order valence-electron chi connectivity index (χ0n) is 10.2. The monoisotopic (exact) mass is 289 g/mol. The molecule has 0 aromatic carbocycles. The quantitative estimate of drug-likeness (QED) is 0.629. The van der Waals surface area contributed by atoms with Crippen molar-refractivity contribution in [2.45, 2.75) is 19.9 Å². The van der Waals surface area contributed by atoms with Crippen molar-refractivity contribution in [3.05, 3.63) is 21.3 Å². The maximum atomic E-state index is 11.7. The highest BCUT2D eigenvalue weighted by molar-refractivity contribution is 6.32. The van der Waals surface area contributed by atoms with Crippen molar-refractivity contribution in [3.63, 3.8) is 0 Å². The SMILES string of the molecule is CCNC(=O)NC(=O)C(C)n1cc(Cl)c([N+](=O)[O-])n1. The van der Waals surface area contributed by atoms with Crippen LogP contribution in [0.15, 0.2) is 6.20 Å². The standard InChI is InChI=1S/C9H12ClN5O4/c1-3-11-9(17)12-8(16)5(2)14-4-6(10)7(13-14)15(18)19/h4-5H,3H2,1-2H3,(H2,11,12,16,17). The molecule has 0 fully saturated rings. The van der Waals surface area contributed by atoms with Gasteiger partial charge in [0.15, 0.2) is 5.02 Å². The second-order valence-corrected chi connectivity index (χ2v) is 3.97. The lowest BCUT2D eigenvalue weighted by molar-refractivity contribution is -0.389. The van der Waals surface area contributed by atoms with Crippen LogP contribution in [0.5, 0.6) is 0 Å². The summed E-state index contributed by atoms with van der Waals surface area (Å²) in [6.45, 7) is 3.50. The molecule has 1 heterocycles. The van der Waals surface area contributed by atoms with Crippen molar-refractivity contribution in [1.82, 2.24) is 20.4 Å². The molecule has 0 saturated heterocycles. The minimum Gasteiger partial charge on any atom is -0.358 e. The summed E-state index contributed by atoms with van der Waals surface area (Å²) in [5.41, 5.74) is 0. The predicted molar refractivity (Wildman–Crippen MR) is 65.8 cm³/mol. The molecule has 1 rings (SSSR count). The molecule has 104 valence electrons. The molecular weight excluding hydrogens is 278 g/mol. The zero-order chi connectivity index (χ0) is 14.6. The average Bonchev–Trinajstić information content (AvgIpc) is 2.70. The van der Waals surface area contributed by atoms with Crippen molar-refractivity contribution in [1.29, 1.82) is 0 Å². The molecule has 19 heavy (non-hydrogen) atoms. The number of nitro groups is 1. The van der Waals surface area contributed by atoms with Gasteiger partial charge in [-0.15, -0.1) is 0 Å². The highest BCUT2D eigenvalue weighted by Gasteiger charge is 2.26. The Kier molecular flexibility index (Phi) is 4.81. The van der Waals surface area contributed by atoms with Crippen LogP contribution < -0.4 is 10.6 Å². The first-order valence-corrected chi connectivity index (χ1v) is 5.72. The summed E-state index contributed by atoms with van der Waals surface area (Å²) in [6, 6.07) is -1.55. The summed E-state index contributed by atoms with van der Waals surface area (Å²) in [4.78, 5) is 32.7. The molecule has 0 spiro atoms. The third-order valence-electron chi connectivity index (χ3n) is 2.19. The van der Waals surface area contributed by atoms with E-state index in [1.54, 1.807) is 6.92 Å². The largest absolute Gasteiger partial charge is 0.408 e. The number of nitrogens with one attached hydrogen (secondary N) is 2. The maximum Gasteiger partial charge on any atom is 0.408 e. The predicted octanol–water partition coefficient (Wildman–Crippen LogP) is 0.851. The van der Waals surface area contributed by atoms with Gasteiger partial charge in [0.25, 0.3) is 5.91 Å². The van der Waals surface area contributed by atoms with Gasteiger partial charge >= 0.3 is 11.8 Å². The third kappa shape index (κ3) is 3.65. The Morgan fingerprint density at radius 2 is 2.26 bits per heavy atom. The highest BCUT2D eigenvalue weighted by atomic mass is 35.5. The molecule has 1 unspecified atom stereocenters. The Bertz CT molecular complexity index is 515. The number of carbonyl (C=O) groups is 2. The third-order valence-corrected chi connectivity index (χ3v) is 2.46. The number of hydrogen-bond donors (Lipinski definition) is 2. The molecular formula is C9H12ClN5O4. The zero-order valence-corrected chi connectivity index (χ0v) is 11.0. The highest BCUT2D eigenvalue weighted by Crippen LogP contribution is 2.23. The summed E-state index contributed by atoms with van der Waals surface area (Å²) < 4.78 is 1.02. The minimum absolute atomic E-state index is 0.178. The van der Waals surface area contributed by atoms with Crippen LogP contribution in [0.4, 0.5) is 10.6 Å². The number of amides is 3. The first-order chi connectivity index (χ1) is 8.86. The Labute approximate surface area is 113 Å². The van der Waals surface area contributed by atoms with Crippen LogP contribution in [0.3, 0.4) is 0 Å². The van der Waals surface area contributed by atoms with E-state index in [-0.39, 0.29) is 5.02 Å². The van der Waals surface area contributed by atoms with Crippen LogP contribution in [0.2, 0.25) is 5.02 Å². The molecule has 0 saturated carbocycles. The van der Waals surface area contributed by atoms with Crippen LogP contribution in [-0.2, 0) is 4.79 Å². The van der Waals surface area contributed by atoms with Gasteiger partial charge in [-0.25, -0.2) is 4.79 Å². The number of imide groups is 1. The van der Waals surface area contributed by atoms with Crippen LogP contribution in [0, 0.1) is 10.1 Å². The van der Waals surface area contributed by atoms with Crippen LogP contribution in [0.25, 0.3) is 0 Å². The molecule has 1 aromatic heterocycles. The normalized spacial score (nSPS) is 11.7. The lowest BCUT2D eigenvalue weighted by Crippen LogP contribution is -2.42. The molecule has 0 bridgehead atoms. The van der Waals surface area contributed by atoms with Crippen molar-refractivity contribution >= 4 is 29.4 Å². The number of aromatic nitrogens is 2. The van der Waals surface area contributed by atoms with E-state index in [0.717, 1.165) is 10.9 Å². The van der Waals surface area contributed by atoms with E-state index in [1.165, 1.54) is 6.92 Å². The van der Waals surface area contributed by atoms with Crippen molar-refractivity contribution in [2.24, 2.45) is 0 Å². The van der Waals surface area contributed by atoms with E-state index in [4.69, 9.17) is 11.6 Å². The summed E-state index contributed by atoms with van der Waals surface area (Å²) >= 11 is 5.61. The van der Waals surface area contributed by atoms with Gasteiger partial charge < -0.3 is 15.4 Å². The molecule has 10 heteroatoms. The van der Waals surface area contributed by atoms with Gasteiger partial charge in [0.1, 0.15) is 6.04 Å². The Hall–Kier alpha value is -2.16. The molecule has 1 aromatic rings. The number of nitrogens with zero attached hydrogens (tertiary/aromatic N) is 3. The van der Waals surface area contributed by atoms with Crippen LogP contribution in [-0.4, -0.2) is 33.2 Å². The smallest absolute Gasteiger partial charge is 0.358 e. The number of carbonyl (C=O) groups excluding carboxylic acids is 2. The molecule has 9 nitrogen and oxygen atoms in total. The summed E-state index contributed by atoms with van der Waals surface area (Å²) in [6.07, 6.45) is 1.15. The number of hydrogen-bond acceptors (Lipinski definition) is 5. The van der Waals surface area contributed by atoms with E-state index in [1.807, 2.05) is 0 Å². The molecule has 1 atom stereocenters. The molecule has 0 aliphatic rings. The number of rotatable bonds is 4. The lowest BCUT2D eigenvalue weighted by atomic mass is 10.3. The molecule has 0 aliphatic carbocycles.